The Morgan fingerprint density at radius 1 is 1.40 bits per heavy atom. The molecule has 0 radical (unpaired) electrons. The Morgan fingerprint density at radius 2 is 1.90 bits per heavy atom. The first-order valence-corrected chi connectivity index (χ1v) is 2.43. The molecule has 0 aliphatic heterocycles. The molecule has 0 saturated heterocycles. The summed E-state index contributed by atoms with van der Waals surface area (Å²) in [5.74, 6) is 0. The first-order chi connectivity index (χ1) is 4.83. The Balaban J connectivity index is 0. The van der Waals surface area contributed by atoms with Crippen LogP contribution in [0.1, 0.15) is 0 Å². The zero-order valence-electron chi connectivity index (χ0n) is 5.25. The SMILES string of the molecule is CN=[N+]=[N-].[N-]=[N+]=NCN=S. The summed E-state index contributed by atoms with van der Waals surface area (Å²) in [6, 6.07) is 0. The lowest BCUT2D eigenvalue weighted by atomic mass is 11.3. The number of hydrogen-bond acceptors (Lipinski definition) is 4. The average molecular weight is 159 g/mol. The molecule has 0 spiro atoms. The van der Waals surface area contributed by atoms with Crippen LogP contribution in [0.25, 0.3) is 20.9 Å². The van der Waals surface area contributed by atoms with Crippen molar-refractivity contribution in [3.63, 3.8) is 0 Å². The molecule has 10 heavy (non-hydrogen) atoms. The van der Waals surface area contributed by atoms with Gasteiger partial charge in [0.05, 0.1) is 0 Å². The zero-order chi connectivity index (χ0) is 8.24. The summed E-state index contributed by atoms with van der Waals surface area (Å²) < 4.78 is 3.09. The molecular formula is C2H5N7S. The number of azide groups is 2. The van der Waals surface area contributed by atoms with Gasteiger partial charge in [-0.15, -0.1) is 0 Å². The fraction of sp³-hybridized carbons (Fsp3) is 1.00. The number of hydrogen-bond donors (Lipinski definition) is 0. The van der Waals surface area contributed by atoms with E-state index in [0.717, 1.165) is 0 Å². The van der Waals surface area contributed by atoms with Gasteiger partial charge in [-0.05, 0) is 11.1 Å². The lowest BCUT2D eigenvalue weighted by Gasteiger charge is -1.62. The van der Waals surface area contributed by atoms with Gasteiger partial charge in [-0.2, -0.15) is 0 Å². The maximum absolute atomic E-state index is 7.55. The lowest BCUT2D eigenvalue weighted by molar-refractivity contribution is 1.07. The van der Waals surface area contributed by atoms with Gasteiger partial charge in [0.2, 0.25) is 0 Å². The van der Waals surface area contributed by atoms with Crippen LogP contribution in [0.5, 0.6) is 0 Å². The molecule has 0 aliphatic rings. The van der Waals surface area contributed by atoms with Crippen molar-refractivity contribution in [1.29, 1.82) is 0 Å². The Labute approximate surface area is 62.5 Å². The lowest BCUT2D eigenvalue weighted by Crippen LogP contribution is -1.58. The van der Waals surface area contributed by atoms with Crippen LogP contribution in [0.4, 0.5) is 0 Å². The molecule has 0 rings (SSSR count). The molecule has 0 aromatic heterocycles. The van der Waals surface area contributed by atoms with E-state index in [0.29, 0.717) is 0 Å². The van der Waals surface area contributed by atoms with E-state index in [1.807, 2.05) is 0 Å². The second kappa shape index (κ2) is 15.6. The first kappa shape index (κ1) is 11.4. The van der Waals surface area contributed by atoms with E-state index >= 15 is 0 Å². The summed E-state index contributed by atoms with van der Waals surface area (Å²) >= 11 is 4.08. The molecule has 0 saturated carbocycles. The van der Waals surface area contributed by atoms with Crippen LogP contribution in [0.2, 0.25) is 0 Å². The van der Waals surface area contributed by atoms with Crippen LogP contribution in [0, 0.1) is 0 Å². The Hall–Kier alpha value is -1.36. The molecule has 0 amide bonds. The van der Waals surface area contributed by atoms with Crippen molar-refractivity contribution in [2.75, 3.05) is 13.7 Å². The van der Waals surface area contributed by atoms with Gasteiger partial charge in [0, 0.05) is 29.3 Å². The van der Waals surface area contributed by atoms with Gasteiger partial charge in [0.1, 0.15) is 6.67 Å². The second-order valence-electron chi connectivity index (χ2n) is 0.791. The summed E-state index contributed by atoms with van der Waals surface area (Å²) in [7, 11) is 1.39. The van der Waals surface area contributed by atoms with E-state index in [9.17, 15) is 0 Å². The molecule has 0 aromatic rings. The van der Waals surface area contributed by atoms with Crippen LogP contribution in [-0.4, -0.2) is 13.7 Å². The van der Waals surface area contributed by atoms with Crippen LogP contribution < -0.4 is 0 Å². The smallest absolute Gasteiger partial charge is 0.131 e. The maximum atomic E-state index is 7.55. The highest BCUT2D eigenvalue weighted by atomic mass is 32.1. The Morgan fingerprint density at radius 3 is 2.00 bits per heavy atom. The van der Waals surface area contributed by atoms with Crippen molar-refractivity contribution >= 4 is 12.4 Å². The van der Waals surface area contributed by atoms with Gasteiger partial charge >= 0.3 is 0 Å². The first-order valence-electron chi connectivity index (χ1n) is 2.06. The van der Waals surface area contributed by atoms with Crippen molar-refractivity contribution in [2.45, 2.75) is 0 Å². The summed E-state index contributed by atoms with van der Waals surface area (Å²) in [6.07, 6.45) is 0. The molecular weight excluding hydrogens is 154 g/mol. The van der Waals surface area contributed by atoms with Crippen molar-refractivity contribution in [3.05, 3.63) is 20.9 Å². The quantitative estimate of drug-likeness (QED) is 0.342. The number of nitrogens with zero attached hydrogens (tertiary/aromatic N) is 7. The fourth-order valence-electron chi connectivity index (χ4n) is 0.0541. The highest BCUT2D eigenvalue weighted by molar-refractivity contribution is 7.47. The standard InChI is InChI=1S/CH2N4S.CH3N3/c2-5-3-1-4-6;1-3-4-2/h1H2;1H3. The van der Waals surface area contributed by atoms with Crippen molar-refractivity contribution in [3.8, 4) is 0 Å². The van der Waals surface area contributed by atoms with E-state index < -0.39 is 0 Å². The molecule has 0 aliphatic carbocycles. The summed E-state index contributed by atoms with van der Waals surface area (Å²) in [4.78, 5) is 4.75. The van der Waals surface area contributed by atoms with Crippen LogP contribution in [-0.2, 0) is 12.4 Å². The van der Waals surface area contributed by atoms with Gasteiger partial charge in [-0.3, -0.25) is 0 Å². The van der Waals surface area contributed by atoms with Crippen molar-refractivity contribution < 1.29 is 0 Å². The molecule has 7 nitrogen and oxygen atoms in total. The molecule has 0 aromatic carbocycles. The minimum Gasteiger partial charge on any atom is -0.213 e. The summed E-state index contributed by atoms with van der Waals surface area (Å²) in [6.45, 7) is 0.0613. The van der Waals surface area contributed by atoms with Gasteiger partial charge in [0.25, 0.3) is 0 Å². The Kier molecular flexibility index (Phi) is 17.9. The number of rotatable bonds is 2. The normalized spacial score (nSPS) is 5.30. The highest BCUT2D eigenvalue weighted by Crippen LogP contribution is 1.66. The Bertz CT molecular complexity index is 162. The van der Waals surface area contributed by atoms with Gasteiger partial charge in [-0.25, -0.2) is 4.36 Å². The van der Waals surface area contributed by atoms with E-state index in [-0.39, 0.29) is 6.67 Å². The van der Waals surface area contributed by atoms with E-state index in [2.05, 4.69) is 36.8 Å². The summed E-state index contributed by atoms with van der Waals surface area (Å²) in [5.41, 5.74) is 14.9. The maximum Gasteiger partial charge on any atom is 0.131 e. The third-order valence-electron chi connectivity index (χ3n) is 0.274. The average Bonchev–Trinajstić information content (AvgIpc) is 2.01. The molecule has 0 heterocycles. The third kappa shape index (κ3) is 30.3. The third-order valence-corrected chi connectivity index (χ3v) is 0.389. The monoisotopic (exact) mass is 159 g/mol. The highest BCUT2D eigenvalue weighted by Gasteiger charge is 1.59. The van der Waals surface area contributed by atoms with Crippen LogP contribution in [0.3, 0.4) is 0 Å². The molecule has 0 bridgehead atoms. The van der Waals surface area contributed by atoms with Crippen LogP contribution in [0.15, 0.2) is 14.6 Å². The van der Waals surface area contributed by atoms with Crippen molar-refractivity contribution in [2.24, 2.45) is 14.6 Å². The van der Waals surface area contributed by atoms with Gasteiger partial charge in [-0.1, -0.05) is 10.2 Å². The fourth-order valence-corrected chi connectivity index (χ4v) is 0.106. The largest absolute Gasteiger partial charge is 0.213 e. The van der Waals surface area contributed by atoms with Gasteiger partial charge < -0.3 is 0 Å². The van der Waals surface area contributed by atoms with Gasteiger partial charge in [0.15, 0.2) is 0 Å². The van der Waals surface area contributed by atoms with E-state index in [4.69, 9.17) is 11.1 Å². The summed E-state index contributed by atoms with van der Waals surface area (Å²) in [5, 5.41) is 5.92. The zero-order valence-corrected chi connectivity index (χ0v) is 6.06. The second-order valence-corrected chi connectivity index (χ2v) is 1.05. The van der Waals surface area contributed by atoms with E-state index in [1.165, 1.54) is 7.05 Å². The predicted octanol–water partition coefficient (Wildman–Crippen LogP) is 1.91. The minimum absolute atomic E-state index is 0.0613. The van der Waals surface area contributed by atoms with Crippen LogP contribution >= 0.6 is 0 Å². The molecule has 8 heteroatoms. The molecule has 0 fully saturated rings. The molecule has 0 unspecified atom stereocenters. The molecule has 0 N–H and O–H groups in total. The minimum atomic E-state index is 0.0613. The molecule has 0 atom stereocenters. The molecule has 54 valence electrons. The topological polar surface area (TPSA) is 110 Å². The van der Waals surface area contributed by atoms with E-state index in [1.54, 1.807) is 0 Å². The van der Waals surface area contributed by atoms with Crippen molar-refractivity contribution in [1.82, 2.24) is 0 Å². The predicted molar refractivity (Wildman–Crippen MR) is 38.9 cm³/mol.